The first-order chi connectivity index (χ1) is 13.0. The van der Waals surface area contributed by atoms with E-state index in [1.54, 1.807) is 30.5 Å². The molecule has 1 amide bonds. The van der Waals surface area contributed by atoms with Gasteiger partial charge in [-0.15, -0.1) is 0 Å². The Kier molecular flexibility index (Phi) is 4.92. The lowest BCUT2D eigenvalue weighted by Crippen LogP contribution is -2.29. The van der Waals surface area contributed by atoms with Crippen LogP contribution < -0.4 is 5.32 Å². The van der Waals surface area contributed by atoms with Gasteiger partial charge in [-0.3, -0.25) is 4.79 Å². The van der Waals surface area contributed by atoms with Crippen LogP contribution >= 0.6 is 0 Å². The molecule has 4 rings (SSSR count). The number of rotatable bonds is 5. The van der Waals surface area contributed by atoms with Gasteiger partial charge in [0, 0.05) is 31.0 Å². The second kappa shape index (κ2) is 7.36. The number of carbonyl (C=O) groups excluding carboxylic acids is 1. The molecule has 142 valence electrons. The van der Waals surface area contributed by atoms with Crippen molar-refractivity contribution in [1.29, 1.82) is 0 Å². The van der Waals surface area contributed by atoms with Gasteiger partial charge in [0.1, 0.15) is 11.5 Å². The zero-order valence-electron chi connectivity index (χ0n) is 14.8. The Hall–Kier alpha value is -2.32. The third-order valence-corrected chi connectivity index (χ3v) is 7.14. The molecule has 2 heterocycles. The van der Waals surface area contributed by atoms with Crippen molar-refractivity contribution in [3.63, 3.8) is 0 Å². The molecular weight excluding hydrogens is 366 g/mol. The van der Waals surface area contributed by atoms with Crippen molar-refractivity contribution in [3.8, 4) is 0 Å². The highest BCUT2D eigenvalue weighted by Gasteiger charge is 2.30. The predicted octanol–water partition coefficient (Wildman–Crippen LogP) is 2.56. The largest absolute Gasteiger partial charge is 0.381 e. The number of amides is 1. The van der Waals surface area contributed by atoms with E-state index in [2.05, 4.69) is 15.3 Å². The van der Waals surface area contributed by atoms with Gasteiger partial charge in [0.15, 0.2) is 9.84 Å². The number of benzene rings is 1. The molecule has 1 aromatic carbocycles. The van der Waals surface area contributed by atoms with Crippen LogP contribution in [0.25, 0.3) is 0 Å². The fourth-order valence-electron chi connectivity index (χ4n) is 3.16. The highest BCUT2D eigenvalue weighted by molar-refractivity contribution is 7.92. The fraction of sp³-hybridized carbons (Fsp3) is 0.421. The van der Waals surface area contributed by atoms with Crippen molar-refractivity contribution in [3.05, 3.63) is 48.0 Å². The van der Waals surface area contributed by atoms with Gasteiger partial charge in [-0.2, -0.15) is 0 Å². The molecule has 1 saturated carbocycles. The van der Waals surface area contributed by atoms with Gasteiger partial charge in [-0.05, 0) is 49.9 Å². The molecule has 0 spiro atoms. The van der Waals surface area contributed by atoms with E-state index in [1.165, 1.54) is 6.07 Å². The minimum Gasteiger partial charge on any atom is -0.381 e. The SMILES string of the molecule is O=C(Nc1cccc(S(=O)(=O)C2CCOCC2)c1)c1ccnc(C2CC2)n1. The minimum absolute atomic E-state index is 0.216. The maximum atomic E-state index is 12.8. The first-order valence-corrected chi connectivity index (χ1v) is 10.6. The first-order valence-electron chi connectivity index (χ1n) is 9.10. The second-order valence-corrected chi connectivity index (χ2v) is 9.14. The highest BCUT2D eigenvalue weighted by Crippen LogP contribution is 2.37. The van der Waals surface area contributed by atoms with Gasteiger partial charge < -0.3 is 10.1 Å². The van der Waals surface area contributed by atoms with Gasteiger partial charge in [-0.25, -0.2) is 18.4 Å². The van der Waals surface area contributed by atoms with Gasteiger partial charge >= 0.3 is 0 Å². The number of anilines is 1. The maximum absolute atomic E-state index is 12.8. The van der Waals surface area contributed by atoms with Crippen molar-refractivity contribution >= 4 is 21.4 Å². The summed E-state index contributed by atoms with van der Waals surface area (Å²) >= 11 is 0. The van der Waals surface area contributed by atoms with Crippen molar-refractivity contribution in [2.24, 2.45) is 0 Å². The number of hydrogen-bond donors (Lipinski definition) is 1. The van der Waals surface area contributed by atoms with Crippen LogP contribution in [0, 0.1) is 0 Å². The molecule has 2 aliphatic rings. The summed E-state index contributed by atoms with van der Waals surface area (Å²) in [6, 6.07) is 7.94. The predicted molar refractivity (Wildman–Crippen MR) is 99.4 cm³/mol. The average molecular weight is 387 g/mol. The summed E-state index contributed by atoms with van der Waals surface area (Å²) in [6.07, 6.45) is 4.67. The number of carbonyl (C=O) groups is 1. The van der Waals surface area contributed by atoms with Crippen LogP contribution in [0.3, 0.4) is 0 Å². The molecule has 0 radical (unpaired) electrons. The van der Waals surface area contributed by atoms with Crippen LogP contribution in [0.4, 0.5) is 5.69 Å². The van der Waals surface area contributed by atoms with Crippen molar-refractivity contribution in [1.82, 2.24) is 9.97 Å². The zero-order valence-corrected chi connectivity index (χ0v) is 15.6. The lowest BCUT2D eigenvalue weighted by molar-refractivity contribution is 0.0983. The van der Waals surface area contributed by atoms with E-state index in [0.29, 0.717) is 43.5 Å². The number of ether oxygens (including phenoxy) is 1. The Labute approximate surface area is 158 Å². The molecule has 7 nitrogen and oxygen atoms in total. The molecule has 1 N–H and O–H groups in total. The number of aromatic nitrogens is 2. The summed E-state index contributed by atoms with van der Waals surface area (Å²) < 4.78 is 30.9. The first kappa shape index (κ1) is 18.1. The Bertz CT molecular complexity index is 951. The standard InChI is InChI=1S/C19H21N3O4S/c23-19(17-6-9-20-18(22-17)13-4-5-13)21-14-2-1-3-16(12-14)27(24,25)15-7-10-26-11-8-15/h1-3,6,9,12-13,15H,4-5,7-8,10-11H2,(H,21,23). The number of hydrogen-bond acceptors (Lipinski definition) is 6. The number of nitrogens with one attached hydrogen (secondary N) is 1. The lowest BCUT2D eigenvalue weighted by atomic mass is 10.2. The molecule has 1 saturated heterocycles. The third-order valence-electron chi connectivity index (χ3n) is 4.88. The topological polar surface area (TPSA) is 98.2 Å². The van der Waals surface area contributed by atoms with Crippen LogP contribution in [0.2, 0.25) is 0 Å². The summed E-state index contributed by atoms with van der Waals surface area (Å²) in [5.74, 6) is 0.670. The van der Waals surface area contributed by atoms with Gasteiger partial charge in [0.25, 0.3) is 5.91 Å². The zero-order chi connectivity index (χ0) is 18.9. The highest BCUT2D eigenvalue weighted by atomic mass is 32.2. The summed E-state index contributed by atoms with van der Waals surface area (Å²) in [7, 11) is -3.45. The van der Waals surface area contributed by atoms with E-state index < -0.39 is 15.1 Å². The van der Waals surface area contributed by atoms with Gasteiger partial charge in [0.2, 0.25) is 0 Å². The molecule has 1 aromatic heterocycles. The molecule has 0 atom stereocenters. The molecule has 2 aromatic rings. The van der Waals surface area contributed by atoms with E-state index in [4.69, 9.17) is 4.74 Å². The molecule has 1 aliphatic heterocycles. The minimum atomic E-state index is -3.45. The maximum Gasteiger partial charge on any atom is 0.274 e. The fourth-order valence-corrected chi connectivity index (χ4v) is 4.92. The van der Waals surface area contributed by atoms with E-state index in [9.17, 15) is 13.2 Å². The van der Waals surface area contributed by atoms with Gasteiger partial charge in [0.05, 0.1) is 10.1 Å². The van der Waals surface area contributed by atoms with E-state index in [1.807, 2.05) is 0 Å². The van der Waals surface area contributed by atoms with Crippen molar-refractivity contribution < 1.29 is 17.9 Å². The quantitative estimate of drug-likeness (QED) is 0.847. The van der Waals surface area contributed by atoms with Gasteiger partial charge in [-0.1, -0.05) is 6.07 Å². The van der Waals surface area contributed by atoms with E-state index in [0.717, 1.165) is 12.8 Å². The Morgan fingerprint density at radius 3 is 2.63 bits per heavy atom. The van der Waals surface area contributed by atoms with Crippen LogP contribution in [0.5, 0.6) is 0 Å². The molecule has 1 aliphatic carbocycles. The van der Waals surface area contributed by atoms with Crippen LogP contribution in [0.15, 0.2) is 41.4 Å². The average Bonchev–Trinajstić information content (AvgIpc) is 3.54. The molecule has 27 heavy (non-hydrogen) atoms. The molecule has 0 unspecified atom stereocenters. The molecule has 8 heteroatoms. The summed E-state index contributed by atoms with van der Waals surface area (Å²) in [5, 5.41) is 2.30. The van der Waals surface area contributed by atoms with Crippen molar-refractivity contribution in [2.45, 2.75) is 41.7 Å². The normalized spacial score (nSPS) is 18.2. The van der Waals surface area contributed by atoms with E-state index in [-0.39, 0.29) is 16.5 Å². The third kappa shape index (κ3) is 4.01. The number of nitrogens with zero attached hydrogens (tertiary/aromatic N) is 2. The summed E-state index contributed by atoms with van der Waals surface area (Å²) in [6.45, 7) is 0.911. The summed E-state index contributed by atoms with van der Waals surface area (Å²) in [5.41, 5.74) is 0.712. The van der Waals surface area contributed by atoms with Crippen LogP contribution in [0.1, 0.15) is 47.9 Å². The second-order valence-electron chi connectivity index (χ2n) is 6.91. The number of sulfone groups is 1. The Balaban J connectivity index is 1.52. The lowest BCUT2D eigenvalue weighted by Gasteiger charge is -2.22. The van der Waals surface area contributed by atoms with Crippen molar-refractivity contribution in [2.75, 3.05) is 18.5 Å². The van der Waals surface area contributed by atoms with E-state index >= 15 is 0 Å². The van der Waals surface area contributed by atoms with Crippen LogP contribution in [-0.2, 0) is 14.6 Å². The Morgan fingerprint density at radius 1 is 1.11 bits per heavy atom. The van der Waals surface area contributed by atoms with Crippen LogP contribution in [-0.4, -0.2) is 42.8 Å². The molecule has 2 fully saturated rings. The monoisotopic (exact) mass is 387 g/mol. The summed E-state index contributed by atoms with van der Waals surface area (Å²) in [4.78, 5) is 21.2. The smallest absolute Gasteiger partial charge is 0.274 e. The molecule has 0 bridgehead atoms. The Morgan fingerprint density at radius 2 is 1.89 bits per heavy atom. The molecular formula is C19H21N3O4S.